The van der Waals surface area contributed by atoms with E-state index in [1.165, 1.54) is 0 Å². The van der Waals surface area contributed by atoms with Crippen LogP contribution in [0.4, 0.5) is 11.8 Å². The molecule has 2 atom stereocenters. The molecular weight excluding hydrogens is 298 g/mol. The first kappa shape index (κ1) is 15.7. The zero-order valence-corrected chi connectivity index (χ0v) is 13.3. The minimum atomic E-state index is -0.109. The first-order valence-electron chi connectivity index (χ1n) is 7.59. The molecular formula is C15H21N5O3. The fourth-order valence-corrected chi connectivity index (χ4v) is 2.55. The molecule has 23 heavy (non-hydrogen) atoms. The van der Waals surface area contributed by atoms with E-state index in [2.05, 4.69) is 20.4 Å². The first-order valence-corrected chi connectivity index (χ1v) is 7.59. The summed E-state index contributed by atoms with van der Waals surface area (Å²) in [5.41, 5.74) is 7.52. The van der Waals surface area contributed by atoms with Crippen LogP contribution in [0.1, 0.15) is 23.4 Å². The van der Waals surface area contributed by atoms with Crippen molar-refractivity contribution in [3.05, 3.63) is 29.3 Å². The first-order chi connectivity index (χ1) is 11.1. The van der Waals surface area contributed by atoms with Crippen molar-refractivity contribution in [2.45, 2.75) is 39.0 Å². The lowest BCUT2D eigenvalue weighted by Gasteiger charge is -2.32. The summed E-state index contributed by atoms with van der Waals surface area (Å²) in [7, 11) is 0. The normalized spacial score (nSPS) is 21.3. The van der Waals surface area contributed by atoms with Crippen LogP contribution in [0.25, 0.3) is 0 Å². The van der Waals surface area contributed by atoms with Crippen LogP contribution >= 0.6 is 0 Å². The monoisotopic (exact) mass is 319 g/mol. The minimum Gasteiger partial charge on any atom is -0.384 e. The summed E-state index contributed by atoms with van der Waals surface area (Å²) in [6.45, 7) is 5.41. The molecule has 3 rings (SSSR count). The maximum atomic E-state index is 6.03. The summed E-state index contributed by atoms with van der Waals surface area (Å²) in [5, 5.41) is 7.23. The molecule has 1 aliphatic rings. The molecule has 2 aromatic heterocycles. The zero-order valence-electron chi connectivity index (χ0n) is 13.3. The van der Waals surface area contributed by atoms with Crippen molar-refractivity contribution in [2.24, 2.45) is 0 Å². The third-order valence-electron chi connectivity index (χ3n) is 3.92. The van der Waals surface area contributed by atoms with Crippen LogP contribution in [0, 0.1) is 13.8 Å². The van der Waals surface area contributed by atoms with E-state index < -0.39 is 0 Å². The number of anilines is 2. The van der Waals surface area contributed by atoms with Crippen molar-refractivity contribution in [1.82, 2.24) is 15.1 Å². The fraction of sp³-hybridized carbons (Fsp3) is 0.533. The van der Waals surface area contributed by atoms with Gasteiger partial charge in [-0.25, -0.2) is 4.98 Å². The van der Waals surface area contributed by atoms with Crippen LogP contribution in [0.2, 0.25) is 0 Å². The van der Waals surface area contributed by atoms with Gasteiger partial charge < -0.3 is 25.0 Å². The molecule has 8 nitrogen and oxygen atoms in total. The second-order valence-corrected chi connectivity index (χ2v) is 5.57. The van der Waals surface area contributed by atoms with Crippen LogP contribution < -0.4 is 11.1 Å². The van der Waals surface area contributed by atoms with Crippen LogP contribution in [0.3, 0.4) is 0 Å². The number of nitrogen functional groups attached to an aromatic ring is 1. The third kappa shape index (κ3) is 3.77. The maximum absolute atomic E-state index is 6.03. The molecule has 3 N–H and O–H groups in total. The highest BCUT2D eigenvalue weighted by atomic mass is 16.5. The Morgan fingerprint density at radius 1 is 1.43 bits per heavy atom. The highest BCUT2D eigenvalue weighted by Crippen LogP contribution is 2.20. The number of ether oxygens (including phenoxy) is 2. The van der Waals surface area contributed by atoms with E-state index in [4.69, 9.17) is 19.7 Å². The Bertz CT molecular complexity index is 641. The molecule has 124 valence electrons. The van der Waals surface area contributed by atoms with Crippen molar-refractivity contribution < 1.29 is 14.0 Å². The number of nitrogens with two attached hydrogens (primary N) is 1. The van der Waals surface area contributed by atoms with Crippen molar-refractivity contribution in [3.8, 4) is 0 Å². The van der Waals surface area contributed by atoms with Gasteiger partial charge in [0.2, 0.25) is 5.95 Å². The Morgan fingerprint density at radius 2 is 2.30 bits per heavy atom. The van der Waals surface area contributed by atoms with Crippen molar-refractivity contribution in [3.63, 3.8) is 0 Å². The van der Waals surface area contributed by atoms with Gasteiger partial charge in [-0.1, -0.05) is 5.16 Å². The number of rotatable bonds is 5. The molecule has 3 heterocycles. The molecule has 1 saturated heterocycles. The predicted molar refractivity (Wildman–Crippen MR) is 83.8 cm³/mol. The number of hydrogen-bond acceptors (Lipinski definition) is 8. The summed E-state index contributed by atoms with van der Waals surface area (Å²) in [4.78, 5) is 8.36. The second-order valence-electron chi connectivity index (χ2n) is 5.57. The highest BCUT2D eigenvalue weighted by Gasteiger charge is 2.28. The van der Waals surface area contributed by atoms with E-state index in [1.807, 2.05) is 13.8 Å². The number of hydrogen-bond donors (Lipinski definition) is 2. The summed E-state index contributed by atoms with van der Waals surface area (Å²) in [5.74, 6) is 1.72. The quantitative estimate of drug-likeness (QED) is 0.852. The number of aryl methyl sites for hydroxylation is 2. The van der Waals surface area contributed by atoms with Gasteiger partial charge in [-0.3, -0.25) is 0 Å². The lowest BCUT2D eigenvalue weighted by molar-refractivity contribution is -0.0641. The molecule has 0 saturated carbocycles. The SMILES string of the molecule is Cc1noc(C)c1CO[C@@H]1COCC[C@H]1Nc1nccc(N)n1. The van der Waals surface area contributed by atoms with Crippen molar-refractivity contribution in [1.29, 1.82) is 0 Å². The topological polar surface area (TPSA) is 108 Å². The van der Waals surface area contributed by atoms with Crippen molar-refractivity contribution >= 4 is 11.8 Å². The van der Waals surface area contributed by atoms with E-state index in [0.29, 0.717) is 31.6 Å². The molecule has 0 aromatic carbocycles. The number of nitrogens with zero attached hydrogens (tertiary/aromatic N) is 3. The van der Waals surface area contributed by atoms with Gasteiger partial charge in [-0.05, 0) is 26.3 Å². The van der Waals surface area contributed by atoms with Gasteiger partial charge in [0.05, 0.1) is 24.9 Å². The molecule has 1 aliphatic heterocycles. The second kappa shape index (κ2) is 6.93. The average molecular weight is 319 g/mol. The minimum absolute atomic E-state index is 0.0611. The Balaban J connectivity index is 1.64. The van der Waals surface area contributed by atoms with Gasteiger partial charge in [0.1, 0.15) is 17.7 Å². The maximum Gasteiger partial charge on any atom is 0.224 e. The lowest BCUT2D eigenvalue weighted by atomic mass is 10.1. The largest absolute Gasteiger partial charge is 0.384 e. The van der Waals surface area contributed by atoms with E-state index >= 15 is 0 Å². The lowest BCUT2D eigenvalue weighted by Crippen LogP contribution is -2.44. The van der Waals surface area contributed by atoms with Crippen LogP contribution in [0.15, 0.2) is 16.8 Å². The molecule has 0 bridgehead atoms. The fourth-order valence-electron chi connectivity index (χ4n) is 2.55. The van der Waals surface area contributed by atoms with E-state index in [1.54, 1.807) is 12.3 Å². The molecule has 0 aliphatic carbocycles. The summed E-state index contributed by atoms with van der Waals surface area (Å²) in [6, 6.07) is 1.71. The Hall–Kier alpha value is -2.19. The smallest absolute Gasteiger partial charge is 0.224 e. The standard InChI is InChI=1S/C15H21N5O3/c1-9-11(10(2)23-20-9)7-22-13-8-21-6-4-12(13)18-15-17-5-3-14(16)19-15/h3,5,12-13H,4,6-8H2,1-2H3,(H3,16,17,18,19)/t12-,13-/m1/s1. The van der Waals surface area contributed by atoms with Gasteiger partial charge >= 0.3 is 0 Å². The van der Waals surface area contributed by atoms with E-state index in [-0.39, 0.29) is 12.1 Å². The molecule has 0 radical (unpaired) electrons. The van der Waals surface area contributed by atoms with Gasteiger partial charge in [0.15, 0.2) is 0 Å². The molecule has 0 spiro atoms. The Labute approximate surface area is 134 Å². The van der Waals surface area contributed by atoms with Crippen LogP contribution in [-0.4, -0.2) is 40.5 Å². The van der Waals surface area contributed by atoms with Crippen LogP contribution in [-0.2, 0) is 16.1 Å². The summed E-state index contributed by atoms with van der Waals surface area (Å²) >= 11 is 0. The van der Waals surface area contributed by atoms with Crippen molar-refractivity contribution in [2.75, 3.05) is 24.3 Å². The predicted octanol–water partition coefficient (Wildman–Crippen LogP) is 1.45. The molecule has 0 unspecified atom stereocenters. The molecule has 2 aromatic rings. The van der Waals surface area contributed by atoms with Gasteiger partial charge in [-0.15, -0.1) is 0 Å². The highest BCUT2D eigenvalue weighted by molar-refractivity contribution is 5.36. The average Bonchev–Trinajstić information content (AvgIpc) is 2.85. The summed E-state index contributed by atoms with van der Waals surface area (Å²) in [6.07, 6.45) is 2.33. The zero-order chi connectivity index (χ0) is 16.2. The number of nitrogens with one attached hydrogen (secondary N) is 1. The Kier molecular flexibility index (Phi) is 4.73. The summed E-state index contributed by atoms with van der Waals surface area (Å²) < 4.78 is 16.7. The molecule has 1 fully saturated rings. The van der Waals surface area contributed by atoms with Crippen LogP contribution in [0.5, 0.6) is 0 Å². The van der Waals surface area contributed by atoms with Gasteiger partial charge in [0.25, 0.3) is 0 Å². The molecule has 0 amide bonds. The van der Waals surface area contributed by atoms with Gasteiger partial charge in [0, 0.05) is 18.4 Å². The Morgan fingerprint density at radius 3 is 3.04 bits per heavy atom. The van der Waals surface area contributed by atoms with E-state index in [0.717, 1.165) is 23.4 Å². The van der Waals surface area contributed by atoms with E-state index in [9.17, 15) is 0 Å². The number of aromatic nitrogens is 3. The third-order valence-corrected chi connectivity index (χ3v) is 3.92. The molecule has 8 heteroatoms. The van der Waals surface area contributed by atoms with Gasteiger partial charge in [-0.2, -0.15) is 4.98 Å².